The van der Waals surface area contributed by atoms with E-state index in [9.17, 15) is 4.79 Å². The number of urea groups is 1. The van der Waals surface area contributed by atoms with Crippen LogP contribution in [0, 0.1) is 5.41 Å². The maximum Gasteiger partial charge on any atom is 0.319 e. The molecule has 7 heteroatoms. The number of rotatable bonds is 5. The average molecular weight is 442 g/mol. The lowest BCUT2D eigenvalue weighted by molar-refractivity contribution is 0.250. The molecule has 0 aliphatic heterocycles. The van der Waals surface area contributed by atoms with E-state index in [2.05, 4.69) is 39.8 Å². The lowest BCUT2D eigenvalue weighted by atomic mass is 9.76. The van der Waals surface area contributed by atoms with Gasteiger partial charge in [-0.1, -0.05) is 61.5 Å². The molecule has 0 saturated carbocycles. The zero-order valence-electron chi connectivity index (χ0n) is 18.8. The third-order valence-corrected chi connectivity index (χ3v) is 6.11. The Morgan fingerprint density at radius 1 is 1.09 bits per heavy atom. The Kier molecular flexibility index (Phi) is 5.46. The maximum absolute atomic E-state index is 12.5. The number of hydrogen-bond acceptors (Lipinski definition) is 4. The van der Waals surface area contributed by atoms with Crippen LogP contribution in [0.1, 0.15) is 37.3 Å². The summed E-state index contributed by atoms with van der Waals surface area (Å²) in [6.45, 7) is 4.83. The second-order valence-corrected chi connectivity index (χ2v) is 9.30. The van der Waals surface area contributed by atoms with Crippen molar-refractivity contribution in [2.24, 2.45) is 5.41 Å². The molecule has 2 heterocycles. The van der Waals surface area contributed by atoms with Crippen LogP contribution >= 0.6 is 0 Å². The molecule has 7 nitrogen and oxygen atoms in total. The second-order valence-electron chi connectivity index (χ2n) is 9.30. The minimum Gasteiger partial charge on any atom is -0.359 e. The van der Waals surface area contributed by atoms with Gasteiger partial charge in [-0.2, -0.15) is 5.10 Å². The molecule has 1 aliphatic carbocycles. The van der Waals surface area contributed by atoms with Gasteiger partial charge in [-0.3, -0.25) is 5.10 Å². The van der Waals surface area contributed by atoms with Crippen LogP contribution in [-0.4, -0.2) is 21.4 Å². The first-order valence-corrected chi connectivity index (χ1v) is 11.2. The fourth-order valence-electron chi connectivity index (χ4n) is 4.31. The zero-order valence-corrected chi connectivity index (χ0v) is 18.8. The molecule has 1 aliphatic rings. The first-order chi connectivity index (χ1) is 16.0. The molecule has 168 valence electrons. The van der Waals surface area contributed by atoms with E-state index in [-0.39, 0.29) is 12.6 Å². The van der Waals surface area contributed by atoms with Crippen molar-refractivity contribution in [2.75, 3.05) is 5.32 Å². The van der Waals surface area contributed by atoms with E-state index >= 15 is 0 Å². The van der Waals surface area contributed by atoms with Crippen molar-refractivity contribution in [3.05, 3.63) is 77.7 Å². The van der Waals surface area contributed by atoms with E-state index in [1.807, 2.05) is 60.7 Å². The summed E-state index contributed by atoms with van der Waals surface area (Å²) in [4.78, 5) is 12.5. The van der Waals surface area contributed by atoms with Gasteiger partial charge in [-0.05, 0) is 36.8 Å². The van der Waals surface area contributed by atoms with Crippen molar-refractivity contribution in [2.45, 2.75) is 39.7 Å². The van der Waals surface area contributed by atoms with E-state index in [4.69, 9.17) is 4.52 Å². The van der Waals surface area contributed by atoms with Gasteiger partial charge in [-0.25, -0.2) is 4.79 Å². The van der Waals surface area contributed by atoms with Gasteiger partial charge in [0, 0.05) is 34.1 Å². The van der Waals surface area contributed by atoms with Crippen molar-refractivity contribution in [3.63, 3.8) is 0 Å². The minimum atomic E-state index is -0.310. The predicted octanol–water partition coefficient (Wildman–Crippen LogP) is 5.57. The number of carbonyl (C=O) groups is 1. The van der Waals surface area contributed by atoms with Crippen LogP contribution in [0.3, 0.4) is 0 Å². The van der Waals surface area contributed by atoms with Gasteiger partial charge in [0.2, 0.25) is 0 Å². The van der Waals surface area contributed by atoms with Gasteiger partial charge >= 0.3 is 6.03 Å². The third kappa shape index (κ3) is 4.67. The predicted molar refractivity (Wildman–Crippen MR) is 128 cm³/mol. The molecular weight excluding hydrogens is 414 g/mol. The lowest BCUT2D eigenvalue weighted by Gasteiger charge is -2.29. The normalized spacial score (nSPS) is 14.5. The number of aromatic nitrogens is 3. The molecule has 0 bridgehead atoms. The topological polar surface area (TPSA) is 95.8 Å². The largest absolute Gasteiger partial charge is 0.359 e. The Hall–Kier alpha value is -3.87. The van der Waals surface area contributed by atoms with Crippen molar-refractivity contribution >= 4 is 11.7 Å². The number of H-pyrrole nitrogens is 1. The number of benzene rings is 2. The van der Waals surface area contributed by atoms with Crippen LogP contribution in [0.2, 0.25) is 0 Å². The van der Waals surface area contributed by atoms with Crippen LogP contribution in [0.4, 0.5) is 10.5 Å². The molecule has 0 atom stereocenters. The first-order valence-electron chi connectivity index (χ1n) is 11.2. The van der Waals surface area contributed by atoms with Gasteiger partial charge in [0.15, 0.2) is 5.76 Å². The number of nitrogens with zero attached hydrogens (tertiary/aromatic N) is 2. The quantitative estimate of drug-likeness (QED) is 0.377. The number of hydrogen-bond donors (Lipinski definition) is 3. The number of nitrogens with one attached hydrogen (secondary N) is 3. The standard InChI is InChI=1S/C26H27N5O2/c1-26(2)12-11-21-23(15-26)29-30-24(21)18-9-6-10-19(13-18)28-25(32)27-16-20-14-22(31-33-20)17-7-4-3-5-8-17/h3-10,13-14H,11-12,15-16H2,1-2H3,(H,29,30)(H2,27,28,32). The fraction of sp³-hybridized carbons (Fsp3) is 0.269. The molecule has 0 unspecified atom stereocenters. The molecule has 3 N–H and O–H groups in total. The van der Waals surface area contributed by atoms with Gasteiger partial charge in [0.1, 0.15) is 5.69 Å². The summed E-state index contributed by atoms with van der Waals surface area (Å²) >= 11 is 0. The van der Waals surface area contributed by atoms with Gasteiger partial charge < -0.3 is 15.2 Å². The smallest absolute Gasteiger partial charge is 0.319 e. The van der Waals surface area contributed by atoms with E-state index < -0.39 is 0 Å². The number of carbonyl (C=O) groups excluding carboxylic acids is 1. The van der Waals surface area contributed by atoms with E-state index in [0.29, 0.717) is 16.9 Å². The summed E-state index contributed by atoms with van der Waals surface area (Å²) in [5.74, 6) is 0.587. The highest BCUT2D eigenvalue weighted by Gasteiger charge is 2.29. The van der Waals surface area contributed by atoms with Crippen LogP contribution in [0.5, 0.6) is 0 Å². The first kappa shape index (κ1) is 21.0. The molecule has 0 saturated heterocycles. The van der Waals surface area contributed by atoms with Crippen molar-refractivity contribution in [1.82, 2.24) is 20.7 Å². The summed E-state index contributed by atoms with van der Waals surface area (Å²) in [7, 11) is 0. The molecule has 5 rings (SSSR count). The molecule has 2 amide bonds. The summed E-state index contributed by atoms with van der Waals surface area (Å²) < 4.78 is 5.35. The Balaban J connectivity index is 1.22. The number of amides is 2. The van der Waals surface area contributed by atoms with Crippen molar-refractivity contribution < 1.29 is 9.32 Å². The summed E-state index contributed by atoms with van der Waals surface area (Å²) in [6.07, 6.45) is 3.15. The Morgan fingerprint density at radius 2 is 1.91 bits per heavy atom. The molecule has 0 fully saturated rings. The molecule has 4 aromatic rings. The van der Waals surface area contributed by atoms with E-state index in [1.54, 1.807) is 0 Å². The van der Waals surface area contributed by atoms with Crippen LogP contribution < -0.4 is 10.6 Å². The van der Waals surface area contributed by atoms with Crippen LogP contribution in [0.15, 0.2) is 65.2 Å². The van der Waals surface area contributed by atoms with Gasteiger partial charge in [-0.15, -0.1) is 0 Å². The molecule has 2 aromatic carbocycles. The van der Waals surface area contributed by atoms with Gasteiger partial charge in [0.05, 0.1) is 12.2 Å². The Bertz CT molecular complexity index is 1270. The zero-order chi connectivity index (χ0) is 22.8. The highest BCUT2D eigenvalue weighted by atomic mass is 16.5. The van der Waals surface area contributed by atoms with E-state index in [0.717, 1.165) is 41.8 Å². The average Bonchev–Trinajstić information content (AvgIpc) is 3.45. The SMILES string of the molecule is CC1(C)CCc2c(-c3cccc(NC(=O)NCc4cc(-c5ccccc5)no4)c3)n[nH]c2C1. The fourth-order valence-corrected chi connectivity index (χ4v) is 4.31. The van der Waals surface area contributed by atoms with Crippen LogP contribution in [-0.2, 0) is 19.4 Å². The van der Waals surface area contributed by atoms with Crippen molar-refractivity contribution in [1.29, 1.82) is 0 Å². The number of fused-ring (bicyclic) bond motifs is 1. The highest BCUT2D eigenvalue weighted by Crippen LogP contribution is 2.38. The summed E-state index contributed by atoms with van der Waals surface area (Å²) in [5, 5.41) is 17.6. The summed E-state index contributed by atoms with van der Waals surface area (Å²) in [6, 6.07) is 19.1. The van der Waals surface area contributed by atoms with E-state index in [1.165, 1.54) is 11.3 Å². The number of anilines is 1. The monoisotopic (exact) mass is 441 g/mol. The van der Waals surface area contributed by atoms with Crippen molar-refractivity contribution in [3.8, 4) is 22.5 Å². The lowest BCUT2D eigenvalue weighted by Crippen LogP contribution is -2.28. The molecule has 33 heavy (non-hydrogen) atoms. The third-order valence-electron chi connectivity index (χ3n) is 6.11. The molecule has 2 aromatic heterocycles. The second kappa shape index (κ2) is 8.58. The Morgan fingerprint density at radius 3 is 2.76 bits per heavy atom. The molecule has 0 radical (unpaired) electrons. The van der Waals surface area contributed by atoms with Gasteiger partial charge in [0.25, 0.3) is 0 Å². The maximum atomic E-state index is 12.5. The Labute approximate surface area is 192 Å². The summed E-state index contributed by atoms with van der Waals surface area (Å²) in [5.41, 5.74) is 7.19. The molecular formula is C26H27N5O2. The van der Waals surface area contributed by atoms with Crippen LogP contribution in [0.25, 0.3) is 22.5 Å². The number of aromatic amines is 1. The highest BCUT2D eigenvalue weighted by molar-refractivity contribution is 5.90. The molecule has 0 spiro atoms. The minimum absolute atomic E-state index is 0.244.